The van der Waals surface area contributed by atoms with Gasteiger partial charge in [0.2, 0.25) is 0 Å². The Morgan fingerprint density at radius 2 is 1.92 bits per heavy atom. The summed E-state index contributed by atoms with van der Waals surface area (Å²) in [5.41, 5.74) is 6.53. The lowest BCUT2D eigenvalue weighted by Crippen LogP contribution is -2.24. The summed E-state index contributed by atoms with van der Waals surface area (Å²) >= 11 is 3.32. The van der Waals surface area contributed by atoms with Crippen molar-refractivity contribution in [3.05, 3.63) is 34.3 Å². The van der Waals surface area contributed by atoms with Crippen LogP contribution in [0.25, 0.3) is 0 Å². The zero-order valence-electron chi connectivity index (χ0n) is 6.63. The molecule has 2 N–H and O–H groups in total. The smallest absolute Gasteiger partial charge is 0.105 e. The maximum atomic E-state index is 12.0. The molecule has 0 bridgehead atoms. The predicted octanol–water partition coefficient (Wildman–Crippen LogP) is 2.29. The number of alkyl halides is 1. The molecule has 0 radical (unpaired) electrons. The average Bonchev–Trinajstić information content (AvgIpc) is 2.09. The number of rotatable bonds is 3. The summed E-state index contributed by atoms with van der Waals surface area (Å²) in [7, 11) is 0. The van der Waals surface area contributed by atoms with Gasteiger partial charge in [-0.15, -0.1) is 0 Å². The molecule has 0 fully saturated rings. The predicted molar refractivity (Wildman–Crippen MR) is 51.8 cm³/mol. The van der Waals surface area contributed by atoms with Crippen molar-refractivity contribution in [3.63, 3.8) is 0 Å². The Bertz CT molecular complexity index is 235. The van der Waals surface area contributed by atoms with E-state index >= 15 is 0 Å². The van der Waals surface area contributed by atoms with Crippen LogP contribution in [0.1, 0.15) is 5.56 Å². The van der Waals surface area contributed by atoms with Gasteiger partial charge in [-0.2, -0.15) is 0 Å². The largest absolute Gasteiger partial charge is 0.325 e. The first-order valence-electron chi connectivity index (χ1n) is 3.78. The second kappa shape index (κ2) is 4.58. The van der Waals surface area contributed by atoms with E-state index in [0.717, 1.165) is 10.0 Å². The third-order valence-electron chi connectivity index (χ3n) is 1.61. The topological polar surface area (TPSA) is 26.0 Å². The molecular weight excluding hydrogens is 221 g/mol. The monoisotopic (exact) mass is 231 g/mol. The normalized spacial score (nSPS) is 12.9. The van der Waals surface area contributed by atoms with Crippen molar-refractivity contribution in [3.8, 4) is 0 Å². The summed E-state index contributed by atoms with van der Waals surface area (Å²) in [6.07, 6.45) is 0.601. The Morgan fingerprint density at radius 1 is 1.33 bits per heavy atom. The van der Waals surface area contributed by atoms with Crippen molar-refractivity contribution in [2.45, 2.75) is 12.5 Å². The van der Waals surface area contributed by atoms with E-state index in [1.54, 1.807) is 0 Å². The van der Waals surface area contributed by atoms with Gasteiger partial charge in [-0.25, -0.2) is 4.39 Å². The van der Waals surface area contributed by atoms with Crippen LogP contribution in [0.15, 0.2) is 28.7 Å². The molecule has 0 spiro atoms. The molecule has 3 heteroatoms. The van der Waals surface area contributed by atoms with E-state index in [0.29, 0.717) is 6.42 Å². The van der Waals surface area contributed by atoms with E-state index in [2.05, 4.69) is 15.9 Å². The Labute approximate surface area is 79.9 Å². The number of hydrogen-bond donors (Lipinski definition) is 1. The number of halogens is 2. The fourth-order valence-electron chi connectivity index (χ4n) is 0.978. The van der Waals surface area contributed by atoms with Crippen molar-refractivity contribution in [1.29, 1.82) is 0 Å². The highest BCUT2D eigenvalue weighted by atomic mass is 79.9. The van der Waals surface area contributed by atoms with E-state index in [1.165, 1.54) is 0 Å². The Balaban J connectivity index is 2.58. The highest BCUT2D eigenvalue weighted by Gasteiger charge is 2.02. The summed E-state index contributed by atoms with van der Waals surface area (Å²) in [6, 6.07) is 7.38. The molecule has 66 valence electrons. The molecule has 1 nitrogen and oxygen atoms in total. The first-order chi connectivity index (χ1) is 5.72. The van der Waals surface area contributed by atoms with E-state index in [-0.39, 0.29) is 6.04 Å². The molecule has 1 aromatic carbocycles. The van der Waals surface area contributed by atoms with Crippen LogP contribution >= 0.6 is 15.9 Å². The molecule has 0 aromatic heterocycles. The summed E-state index contributed by atoms with van der Waals surface area (Å²) in [5, 5.41) is 0. The molecule has 0 aliphatic carbocycles. The lowest BCUT2D eigenvalue weighted by molar-refractivity contribution is 0.427. The summed E-state index contributed by atoms with van der Waals surface area (Å²) in [4.78, 5) is 0. The van der Waals surface area contributed by atoms with E-state index < -0.39 is 6.67 Å². The quantitative estimate of drug-likeness (QED) is 0.850. The van der Waals surface area contributed by atoms with Crippen molar-refractivity contribution in [1.82, 2.24) is 0 Å². The summed E-state index contributed by atoms with van der Waals surface area (Å²) in [6.45, 7) is -0.462. The molecule has 0 saturated carbocycles. The standard InChI is InChI=1S/C9H11BrFN/c10-8-3-1-7(2-4-8)5-9(12)6-11/h1-4,9H,5-6,12H2. The zero-order chi connectivity index (χ0) is 8.97. The van der Waals surface area contributed by atoms with Crippen LogP contribution in [0, 0.1) is 0 Å². The average molecular weight is 232 g/mol. The van der Waals surface area contributed by atoms with Gasteiger partial charge in [-0.1, -0.05) is 28.1 Å². The zero-order valence-corrected chi connectivity index (χ0v) is 8.22. The van der Waals surface area contributed by atoms with Gasteiger partial charge in [0.25, 0.3) is 0 Å². The van der Waals surface area contributed by atoms with E-state index in [9.17, 15) is 4.39 Å². The maximum absolute atomic E-state index is 12.0. The van der Waals surface area contributed by atoms with Gasteiger partial charge < -0.3 is 5.73 Å². The maximum Gasteiger partial charge on any atom is 0.105 e. The van der Waals surface area contributed by atoms with Gasteiger partial charge >= 0.3 is 0 Å². The van der Waals surface area contributed by atoms with Crippen molar-refractivity contribution >= 4 is 15.9 Å². The minimum absolute atomic E-state index is 0.369. The van der Waals surface area contributed by atoms with E-state index in [1.807, 2.05) is 24.3 Å². The molecule has 1 rings (SSSR count). The Hall–Kier alpha value is -0.410. The molecule has 0 amide bonds. The third-order valence-corrected chi connectivity index (χ3v) is 2.14. The molecule has 0 aliphatic rings. The van der Waals surface area contributed by atoms with Gasteiger partial charge in [0.1, 0.15) is 6.67 Å². The Morgan fingerprint density at radius 3 is 2.42 bits per heavy atom. The molecule has 0 aliphatic heterocycles. The highest BCUT2D eigenvalue weighted by molar-refractivity contribution is 9.10. The fourth-order valence-corrected chi connectivity index (χ4v) is 1.24. The molecule has 1 aromatic rings. The first kappa shape index (κ1) is 9.68. The van der Waals surface area contributed by atoms with Gasteiger partial charge in [0.05, 0.1) is 0 Å². The number of hydrogen-bond acceptors (Lipinski definition) is 1. The fraction of sp³-hybridized carbons (Fsp3) is 0.333. The van der Waals surface area contributed by atoms with Crippen LogP contribution in [0.3, 0.4) is 0 Å². The highest BCUT2D eigenvalue weighted by Crippen LogP contribution is 2.11. The number of nitrogens with two attached hydrogens (primary N) is 1. The Kier molecular flexibility index (Phi) is 3.69. The molecule has 12 heavy (non-hydrogen) atoms. The van der Waals surface area contributed by atoms with Crippen LogP contribution < -0.4 is 5.73 Å². The van der Waals surface area contributed by atoms with Gasteiger partial charge in [0, 0.05) is 10.5 Å². The van der Waals surface area contributed by atoms with Crippen LogP contribution in [-0.4, -0.2) is 12.7 Å². The lowest BCUT2D eigenvalue weighted by atomic mass is 10.1. The lowest BCUT2D eigenvalue weighted by Gasteiger charge is -2.06. The van der Waals surface area contributed by atoms with Crippen LogP contribution in [0.2, 0.25) is 0 Å². The van der Waals surface area contributed by atoms with Gasteiger partial charge in [-0.3, -0.25) is 0 Å². The molecule has 0 heterocycles. The third kappa shape index (κ3) is 2.91. The molecule has 0 saturated heterocycles. The minimum Gasteiger partial charge on any atom is -0.325 e. The molecule has 1 atom stereocenters. The first-order valence-corrected chi connectivity index (χ1v) is 4.57. The SMILES string of the molecule is NC(CF)Cc1ccc(Br)cc1. The van der Waals surface area contributed by atoms with E-state index in [4.69, 9.17) is 5.73 Å². The van der Waals surface area contributed by atoms with Gasteiger partial charge in [-0.05, 0) is 24.1 Å². The summed E-state index contributed by atoms with van der Waals surface area (Å²) < 4.78 is 13.0. The van der Waals surface area contributed by atoms with Crippen molar-refractivity contribution < 1.29 is 4.39 Å². The second-order valence-electron chi connectivity index (χ2n) is 2.74. The van der Waals surface area contributed by atoms with Crippen LogP contribution in [0.5, 0.6) is 0 Å². The second-order valence-corrected chi connectivity index (χ2v) is 3.66. The van der Waals surface area contributed by atoms with Crippen molar-refractivity contribution in [2.24, 2.45) is 5.73 Å². The number of benzene rings is 1. The van der Waals surface area contributed by atoms with Crippen molar-refractivity contribution in [2.75, 3.05) is 6.67 Å². The summed E-state index contributed by atoms with van der Waals surface area (Å²) in [5.74, 6) is 0. The van der Waals surface area contributed by atoms with Crippen LogP contribution in [-0.2, 0) is 6.42 Å². The van der Waals surface area contributed by atoms with Crippen LogP contribution in [0.4, 0.5) is 4.39 Å². The minimum atomic E-state index is -0.462. The molecule has 1 unspecified atom stereocenters. The molecular formula is C9H11BrFN. The van der Waals surface area contributed by atoms with Gasteiger partial charge in [0.15, 0.2) is 0 Å².